The Labute approximate surface area is 110 Å². The van der Waals surface area contributed by atoms with Crippen LogP contribution >= 0.6 is 0 Å². The van der Waals surface area contributed by atoms with Gasteiger partial charge in [-0.05, 0) is 38.6 Å². The molecule has 2 unspecified atom stereocenters. The number of nitriles is 1. The van der Waals surface area contributed by atoms with E-state index < -0.39 is 0 Å². The lowest BCUT2D eigenvalue weighted by atomic mass is 10.0. The molecule has 0 aromatic heterocycles. The fourth-order valence-electron chi connectivity index (χ4n) is 2.70. The first-order chi connectivity index (χ1) is 8.61. The maximum atomic E-state index is 8.91. The van der Waals surface area contributed by atoms with Gasteiger partial charge >= 0.3 is 0 Å². The first-order valence-electron chi connectivity index (χ1n) is 6.52. The van der Waals surface area contributed by atoms with Crippen LogP contribution in [0.3, 0.4) is 0 Å². The monoisotopic (exact) mass is 243 g/mol. The number of aryl methyl sites for hydroxylation is 1. The second kappa shape index (κ2) is 5.41. The molecule has 1 aliphatic rings. The normalized spacial score (nSPS) is 24.9. The number of nitrogens with zero attached hydrogens (tertiary/aromatic N) is 3. The van der Waals surface area contributed by atoms with Gasteiger partial charge in [0.2, 0.25) is 0 Å². The zero-order valence-electron chi connectivity index (χ0n) is 11.4. The highest BCUT2D eigenvalue weighted by Crippen LogP contribution is 2.24. The molecule has 1 aromatic rings. The second-order valence-electron chi connectivity index (χ2n) is 5.30. The highest BCUT2D eigenvalue weighted by atomic mass is 15.3. The molecule has 1 aliphatic heterocycles. The molecule has 2 atom stereocenters. The van der Waals surface area contributed by atoms with E-state index in [-0.39, 0.29) is 0 Å². The Balaban J connectivity index is 2.19. The van der Waals surface area contributed by atoms with Gasteiger partial charge in [0.25, 0.3) is 0 Å². The van der Waals surface area contributed by atoms with Gasteiger partial charge in [-0.15, -0.1) is 0 Å². The molecule has 0 saturated carbocycles. The van der Waals surface area contributed by atoms with Crippen molar-refractivity contribution < 1.29 is 0 Å². The van der Waals surface area contributed by atoms with Crippen LogP contribution in [-0.4, -0.2) is 37.1 Å². The van der Waals surface area contributed by atoms with E-state index in [1.165, 1.54) is 11.3 Å². The molecule has 0 spiro atoms. The lowest BCUT2D eigenvalue weighted by Gasteiger charge is -2.44. The molecule has 1 saturated heterocycles. The number of hydrogen-bond donors (Lipinski definition) is 0. The predicted molar refractivity (Wildman–Crippen MR) is 74.6 cm³/mol. The summed E-state index contributed by atoms with van der Waals surface area (Å²) in [4.78, 5) is 4.73. The van der Waals surface area contributed by atoms with Crippen LogP contribution in [0, 0.1) is 18.3 Å². The molecule has 0 amide bonds. The van der Waals surface area contributed by atoms with Gasteiger partial charge in [-0.1, -0.05) is 12.1 Å². The summed E-state index contributed by atoms with van der Waals surface area (Å²) >= 11 is 0. The van der Waals surface area contributed by atoms with Crippen LogP contribution < -0.4 is 4.90 Å². The minimum atomic E-state index is 0.340. The minimum Gasteiger partial charge on any atom is -0.366 e. The van der Waals surface area contributed by atoms with Gasteiger partial charge in [0, 0.05) is 30.9 Å². The largest absolute Gasteiger partial charge is 0.366 e. The van der Waals surface area contributed by atoms with E-state index >= 15 is 0 Å². The van der Waals surface area contributed by atoms with Gasteiger partial charge in [-0.25, -0.2) is 0 Å². The summed E-state index contributed by atoms with van der Waals surface area (Å²) in [6, 6.07) is 11.8. The van der Waals surface area contributed by atoms with Gasteiger partial charge in [0.05, 0.1) is 12.5 Å². The smallest absolute Gasteiger partial charge is 0.0638 e. The van der Waals surface area contributed by atoms with Crippen molar-refractivity contribution in [2.24, 2.45) is 0 Å². The highest BCUT2D eigenvalue weighted by molar-refractivity contribution is 5.50. The van der Waals surface area contributed by atoms with Crippen LogP contribution in [0.25, 0.3) is 0 Å². The molecular weight excluding hydrogens is 222 g/mol. The topological polar surface area (TPSA) is 30.3 Å². The van der Waals surface area contributed by atoms with E-state index in [2.05, 4.69) is 61.0 Å². The Bertz CT molecular complexity index is 449. The van der Waals surface area contributed by atoms with Crippen LogP contribution in [0.5, 0.6) is 0 Å². The molecular formula is C15H21N3. The summed E-state index contributed by atoms with van der Waals surface area (Å²) in [7, 11) is 2.12. The maximum Gasteiger partial charge on any atom is 0.0638 e. The first-order valence-corrected chi connectivity index (χ1v) is 6.52. The van der Waals surface area contributed by atoms with Crippen molar-refractivity contribution in [1.29, 1.82) is 5.26 Å². The number of hydrogen-bond acceptors (Lipinski definition) is 3. The summed E-state index contributed by atoms with van der Waals surface area (Å²) in [6.07, 6.45) is 0.603. The van der Waals surface area contributed by atoms with Gasteiger partial charge in [0.1, 0.15) is 0 Å². The van der Waals surface area contributed by atoms with Gasteiger partial charge < -0.3 is 4.90 Å². The average molecular weight is 243 g/mol. The Morgan fingerprint density at radius 1 is 1.39 bits per heavy atom. The number of anilines is 1. The van der Waals surface area contributed by atoms with Crippen LogP contribution in [0.2, 0.25) is 0 Å². The maximum absolute atomic E-state index is 8.91. The van der Waals surface area contributed by atoms with E-state index in [9.17, 15) is 0 Å². The molecule has 0 aliphatic carbocycles. The van der Waals surface area contributed by atoms with E-state index in [1.807, 2.05) is 0 Å². The summed E-state index contributed by atoms with van der Waals surface area (Å²) < 4.78 is 0. The molecule has 3 heteroatoms. The van der Waals surface area contributed by atoms with Crippen molar-refractivity contribution in [3.63, 3.8) is 0 Å². The number of benzene rings is 1. The van der Waals surface area contributed by atoms with E-state index in [0.29, 0.717) is 18.5 Å². The van der Waals surface area contributed by atoms with Gasteiger partial charge in [-0.3, -0.25) is 4.90 Å². The van der Waals surface area contributed by atoms with Crippen molar-refractivity contribution in [1.82, 2.24) is 4.90 Å². The third-order valence-corrected chi connectivity index (χ3v) is 3.78. The summed E-state index contributed by atoms with van der Waals surface area (Å²) in [6.45, 7) is 6.33. The highest BCUT2D eigenvalue weighted by Gasteiger charge is 2.29. The van der Waals surface area contributed by atoms with Crippen molar-refractivity contribution in [3.8, 4) is 6.07 Å². The SMILES string of the molecule is Cc1cccc(N2CC(CC#N)N(C)CC2C)c1. The molecule has 1 aromatic carbocycles. The number of likely N-dealkylation sites (N-methyl/N-ethyl adjacent to an activating group) is 1. The van der Waals surface area contributed by atoms with Gasteiger partial charge in [0.15, 0.2) is 0 Å². The molecule has 0 N–H and O–H groups in total. The second-order valence-corrected chi connectivity index (χ2v) is 5.30. The quantitative estimate of drug-likeness (QED) is 0.799. The molecule has 3 nitrogen and oxygen atoms in total. The van der Waals surface area contributed by atoms with Crippen molar-refractivity contribution in [3.05, 3.63) is 29.8 Å². The third kappa shape index (κ3) is 2.65. The first kappa shape index (κ1) is 12.9. The number of piperazine rings is 1. The standard InChI is InChI=1S/C15H21N3/c1-12-5-4-6-14(9-12)18-11-15(7-8-16)17(3)10-13(18)2/h4-6,9,13,15H,7,10-11H2,1-3H3. The predicted octanol–water partition coefficient (Wildman–Crippen LogP) is 2.42. The van der Waals surface area contributed by atoms with Crippen molar-refractivity contribution in [2.75, 3.05) is 25.0 Å². The van der Waals surface area contributed by atoms with Crippen molar-refractivity contribution >= 4 is 5.69 Å². The van der Waals surface area contributed by atoms with Crippen LogP contribution in [0.1, 0.15) is 18.9 Å². The van der Waals surface area contributed by atoms with Gasteiger partial charge in [-0.2, -0.15) is 5.26 Å². The number of rotatable bonds is 2. The van der Waals surface area contributed by atoms with Crippen LogP contribution in [0.4, 0.5) is 5.69 Å². The fourth-order valence-corrected chi connectivity index (χ4v) is 2.70. The molecule has 96 valence electrons. The van der Waals surface area contributed by atoms with Crippen molar-refractivity contribution in [2.45, 2.75) is 32.4 Å². The molecule has 0 radical (unpaired) electrons. The summed E-state index contributed by atoms with van der Waals surface area (Å²) in [5, 5.41) is 8.91. The molecule has 1 fully saturated rings. The zero-order chi connectivity index (χ0) is 13.1. The minimum absolute atomic E-state index is 0.340. The molecule has 2 rings (SSSR count). The summed E-state index contributed by atoms with van der Waals surface area (Å²) in [5.74, 6) is 0. The lowest BCUT2D eigenvalue weighted by Crippen LogP contribution is -2.56. The Kier molecular flexibility index (Phi) is 3.88. The summed E-state index contributed by atoms with van der Waals surface area (Å²) in [5.41, 5.74) is 2.56. The Morgan fingerprint density at radius 2 is 2.17 bits per heavy atom. The van der Waals surface area contributed by atoms with E-state index in [4.69, 9.17) is 5.26 Å². The molecule has 1 heterocycles. The lowest BCUT2D eigenvalue weighted by molar-refractivity contribution is 0.194. The third-order valence-electron chi connectivity index (χ3n) is 3.78. The van der Waals surface area contributed by atoms with Crippen LogP contribution in [-0.2, 0) is 0 Å². The molecule has 18 heavy (non-hydrogen) atoms. The van der Waals surface area contributed by atoms with E-state index in [1.54, 1.807) is 0 Å². The zero-order valence-corrected chi connectivity index (χ0v) is 11.4. The average Bonchev–Trinajstić information content (AvgIpc) is 2.33. The Hall–Kier alpha value is -1.53. The van der Waals surface area contributed by atoms with Crippen LogP contribution in [0.15, 0.2) is 24.3 Å². The van der Waals surface area contributed by atoms with E-state index in [0.717, 1.165) is 13.1 Å². The molecule has 0 bridgehead atoms. The fraction of sp³-hybridized carbons (Fsp3) is 0.533. The Morgan fingerprint density at radius 3 is 2.83 bits per heavy atom.